The van der Waals surface area contributed by atoms with Crippen molar-refractivity contribution in [1.82, 2.24) is 10.3 Å². The number of pyridine rings is 1. The number of hydrogen-bond acceptors (Lipinski definition) is 4. The molecule has 0 bridgehead atoms. The Balaban J connectivity index is 2.72. The van der Waals surface area contributed by atoms with E-state index in [2.05, 4.69) is 10.3 Å². The number of hydrogen-bond donors (Lipinski definition) is 3. The van der Waals surface area contributed by atoms with E-state index in [1.807, 2.05) is 0 Å². The lowest BCUT2D eigenvalue weighted by molar-refractivity contribution is 0.0723. The molecule has 0 radical (unpaired) electrons. The van der Waals surface area contributed by atoms with Crippen LogP contribution in [0.15, 0.2) is 24.5 Å². The number of nitrogens with one attached hydrogen (secondary N) is 1. The second kappa shape index (κ2) is 4.86. The van der Waals surface area contributed by atoms with E-state index in [1.54, 1.807) is 19.1 Å². The van der Waals surface area contributed by atoms with E-state index in [4.69, 9.17) is 10.2 Å². The molecule has 0 spiro atoms. The first kappa shape index (κ1) is 11.6. The van der Waals surface area contributed by atoms with E-state index in [0.717, 1.165) is 0 Å². The quantitative estimate of drug-likeness (QED) is 0.629. The van der Waals surface area contributed by atoms with E-state index in [0.29, 0.717) is 5.56 Å². The summed E-state index contributed by atoms with van der Waals surface area (Å²) in [6.45, 7) is 0.923. The maximum atomic E-state index is 11.6. The Morgan fingerprint density at radius 2 is 1.93 bits per heavy atom. The van der Waals surface area contributed by atoms with Crippen LogP contribution in [-0.2, 0) is 0 Å². The molecule has 0 aliphatic carbocycles. The summed E-state index contributed by atoms with van der Waals surface area (Å²) in [6, 6.07) is 3.12. The molecule has 1 aromatic heterocycles. The standard InChI is InChI=1S/C10H14N2O3/c1-10(6-13,7-14)12-9(15)8-2-4-11-5-3-8/h2-5,13-14H,6-7H2,1H3,(H,12,15). The van der Waals surface area contributed by atoms with Crippen LogP contribution in [0.3, 0.4) is 0 Å². The fourth-order valence-corrected chi connectivity index (χ4v) is 0.979. The van der Waals surface area contributed by atoms with Crippen molar-refractivity contribution in [2.45, 2.75) is 12.5 Å². The summed E-state index contributed by atoms with van der Waals surface area (Å²) in [5.74, 6) is -0.344. The van der Waals surface area contributed by atoms with Crippen molar-refractivity contribution in [3.8, 4) is 0 Å². The molecular formula is C10H14N2O3. The molecule has 15 heavy (non-hydrogen) atoms. The summed E-state index contributed by atoms with van der Waals surface area (Å²) >= 11 is 0. The Hall–Kier alpha value is -1.46. The predicted octanol–water partition coefficient (Wildman–Crippen LogP) is -0.445. The van der Waals surface area contributed by atoms with Gasteiger partial charge in [0.25, 0.3) is 5.91 Å². The summed E-state index contributed by atoms with van der Waals surface area (Å²) < 4.78 is 0. The maximum absolute atomic E-state index is 11.6. The molecule has 0 atom stereocenters. The van der Waals surface area contributed by atoms with E-state index >= 15 is 0 Å². The minimum Gasteiger partial charge on any atom is -0.394 e. The Kier molecular flexibility index (Phi) is 3.76. The van der Waals surface area contributed by atoms with Gasteiger partial charge in [0, 0.05) is 18.0 Å². The normalized spacial score (nSPS) is 11.1. The Morgan fingerprint density at radius 1 is 1.40 bits per heavy atom. The zero-order chi connectivity index (χ0) is 11.3. The Labute approximate surface area is 87.8 Å². The van der Waals surface area contributed by atoms with Crippen molar-refractivity contribution >= 4 is 5.91 Å². The Bertz CT molecular complexity index is 323. The average Bonchev–Trinajstić information content (AvgIpc) is 2.30. The Morgan fingerprint density at radius 3 is 2.40 bits per heavy atom. The molecule has 0 aliphatic rings. The molecule has 0 unspecified atom stereocenters. The fourth-order valence-electron chi connectivity index (χ4n) is 0.979. The van der Waals surface area contributed by atoms with Crippen LogP contribution in [0.1, 0.15) is 17.3 Å². The van der Waals surface area contributed by atoms with Crippen LogP contribution in [0, 0.1) is 0 Å². The predicted molar refractivity (Wildman–Crippen MR) is 54.3 cm³/mol. The van der Waals surface area contributed by atoms with Crippen LogP contribution < -0.4 is 5.32 Å². The third kappa shape index (κ3) is 3.00. The molecule has 5 nitrogen and oxygen atoms in total. The van der Waals surface area contributed by atoms with Gasteiger partial charge in [-0.05, 0) is 19.1 Å². The summed E-state index contributed by atoms with van der Waals surface area (Å²) in [6.07, 6.45) is 3.01. The number of rotatable bonds is 4. The zero-order valence-corrected chi connectivity index (χ0v) is 8.47. The summed E-state index contributed by atoms with van der Waals surface area (Å²) in [4.78, 5) is 15.4. The van der Waals surface area contributed by atoms with Gasteiger partial charge in [0.2, 0.25) is 0 Å². The number of carbonyl (C=O) groups excluding carboxylic acids is 1. The molecule has 1 aromatic rings. The van der Waals surface area contributed by atoms with Crippen molar-refractivity contribution in [3.63, 3.8) is 0 Å². The van der Waals surface area contributed by atoms with E-state index in [9.17, 15) is 4.79 Å². The smallest absolute Gasteiger partial charge is 0.251 e. The molecule has 1 rings (SSSR count). The van der Waals surface area contributed by atoms with Gasteiger partial charge in [-0.15, -0.1) is 0 Å². The highest BCUT2D eigenvalue weighted by Crippen LogP contribution is 2.04. The second-order valence-corrected chi connectivity index (χ2v) is 3.57. The number of aliphatic hydroxyl groups excluding tert-OH is 2. The van der Waals surface area contributed by atoms with Gasteiger partial charge >= 0.3 is 0 Å². The highest BCUT2D eigenvalue weighted by Gasteiger charge is 2.24. The van der Waals surface area contributed by atoms with Gasteiger partial charge in [-0.1, -0.05) is 0 Å². The van der Waals surface area contributed by atoms with Gasteiger partial charge in [0.1, 0.15) is 0 Å². The summed E-state index contributed by atoms with van der Waals surface area (Å²) in [7, 11) is 0. The molecule has 1 amide bonds. The molecule has 0 fully saturated rings. The van der Waals surface area contributed by atoms with Crippen molar-refractivity contribution in [3.05, 3.63) is 30.1 Å². The lowest BCUT2D eigenvalue weighted by Crippen LogP contribution is -2.51. The SMILES string of the molecule is CC(CO)(CO)NC(=O)c1ccncc1. The van der Waals surface area contributed by atoms with Gasteiger partial charge in [-0.3, -0.25) is 9.78 Å². The molecule has 0 aromatic carbocycles. The summed E-state index contributed by atoms with van der Waals surface area (Å²) in [5, 5.41) is 20.5. The number of amides is 1. The van der Waals surface area contributed by atoms with Crippen LogP contribution in [0.2, 0.25) is 0 Å². The molecule has 0 saturated heterocycles. The van der Waals surface area contributed by atoms with Crippen molar-refractivity contribution in [2.24, 2.45) is 0 Å². The van der Waals surface area contributed by atoms with Gasteiger partial charge < -0.3 is 15.5 Å². The van der Waals surface area contributed by atoms with E-state index in [1.165, 1.54) is 12.4 Å². The van der Waals surface area contributed by atoms with Gasteiger partial charge in [-0.2, -0.15) is 0 Å². The number of aliphatic hydroxyl groups is 2. The van der Waals surface area contributed by atoms with E-state index < -0.39 is 5.54 Å². The van der Waals surface area contributed by atoms with Crippen LogP contribution in [0.4, 0.5) is 0 Å². The van der Waals surface area contributed by atoms with Gasteiger partial charge in [0.05, 0.1) is 18.8 Å². The largest absolute Gasteiger partial charge is 0.394 e. The fraction of sp³-hybridized carbons (Fsp3) is 0.400. The van der Waals surface area contributed by atoms with Crippen LogP contribution in [0.25, 0.3) is 0 Å². The highest BCUT2D eigenvalue weighted by molar-refractivity contribution is 5.94. The monoisotopic (exact) mass is 210 g/mol. The van der Waals surface area contributed by atoms with Crippen molar-refractivity contribution < 1.29 is 15.0 Å². The van der Waals surface area contributed by atoms with Crippen LogP contribution in [-0.4, -0.2) is 39.9 Å². The second-order valence-electron chi connectivity index (χ2n) is 3.57. The number of carbonyl (C=O) groups is 1. The topological polar surface area (TPSA) is 82.5 Å². The van der Waals surface area contributed by atoms with E-state index in [-0.39, 0.29) is 19.1 Å². The molecule has 0 aliphatic heterocycles. The van der Waals surface area contributed by atoms with Crippen molar-refractivity contribution in [2.75, 3.05) is 13.2 Å². The van der Waals surface area contributed by atoms with Crippen LogP contribution >= 0.6 is 0 Å². The lowest BCUT2D eigenvalue weighted by atomic mass is 10.0. The number of aromatic nitrogens is 1. The highest BCUT2D eigenvalue weighted by atomic mass is 16.3. The zero-order valence-electron chi connectivity index (χ0n) is 8.47. The molecular weight excluding hydrogens is 196 g/mol. The third-order valence-electron chi connectivity index (χ3n) is 2.06. The molecule has 0 saturated carbocycles. The summed E-state index contributed by atoms with van der Waals surface area (Å²) in [5.41, 5.74) is -0.557. The molecule has 3 N–H and O–H groups in total. The third-order valence-corrected chi connectivity index (χ3v) is 2.06. The minimum atomic E-state index is -1.000. The average molecular weight is 210 g/mol. The first-order chi connectivity index (χ1) is 7.11. The van der Waals surface area contributed by atoms with Crippen molar-refractivity contribution in [1.29, 1.82) is 0 Å². The minimum absolute atomic E-state index is 0.319. The number of nitrogens with zero attached hydrogens (tertiary/aromatic N) is 1. The van der Waals surface area contributed by atoms with Gasteiger partial charge in [0.15, 0.2) is 0 Å². The first-order valence-electron chi connectivity index (χ1n) is 4.55. The van der Waals surface area contributed by atoms with Gasteiger partial charge in [-0.25, -0.2) is 0 Å². The first-order valence-corrected chi connectivity index (χ1v) is 4.55. The maximum Gasteiger partial charge on any atom is 0.251 e. The molecule has 5 heteroatoms. The van der Waals surface area contributed by atoms with Crippen LogP contribution in [0.5, 0.6) is 0 Å². The lowest BCUT2D eigenvalue weighted by Gasteiger charge is -2.26. The molecule has 82 valence electrons. The molecule has 1 heterocycles.